The first kappa shape index (κ1) is 17.5. The summed E-state index contributed by atoms with van der Waals surface area (Å²) < 4.78 is 5.82. The van der Waals surface area contributed by atoms with Gasteiger partial charge in [0.2, 0.25) is 0 Å². The molecule has 0 aliphatic heterocycles. The summed E-state index contributed by atoms with van der Waals surface area (Å²) in [7, 11) is 0. The Morgan fingerprint density at radius 2 is 1.57 bits per heavy atom. The Hall–Kier alpha value is -1.84. The second-order valence-corrected chi connectivity index (χ2v) is 5.73. The van der Waals surface area contributed by atoms with Crippen LogP contribution < -0.4 is 10.9 Å². The van der Waals surface area contributed by atoms with Gasteiger partial charge in [0, 0.05) is 18.8 Å². The molecule has 0 spiro atoms. The van der Waals surface area contributed by atoms with Crippen LogP contribution in [0.5, 0.6) is 0 Å². The minimum Gasteiger partial charge on any atom is -0.377 e. The molecular formula is C20H28N2O. The van der Waals surface area contributed by atoms with Gasteiger partial charge in [0.05, 0.1) is 6.61 Å². The molecule has 2 N–H and O–H groups in total. The van der Waals surface area contributed by atoms with E-state index in [1.165, 1.54) is 30.4 Å². The van der Waals surface area contributed by atoms with Crippen molar-refractivity contribution in [1.29, 1.82) is 0 Å². The Morgan fingerprint density at radius 3 is 2.35 bits per heavy atom. The Labute approximate surface area is 140 Å². The highest BCUT2D eigenvalue weighted by molar-refractivity contribution is 5.41. The van der Waals surface area contributed by atoms with Crippen LogP contribution in [0.1, 0.15) is 43.7 Å². The lowest BCUT2D eigenvalue weighted by Crippen LogP contribution is -2.21. The van der Waals surface area contributed by atoms with E-state index in [4.69, 9.17) is 4.74 Å². The van der Waals surface area contributed by atoms with Crippen molar-refractivity contribution < 1.29 is 4.74 Å². The molecule has 0 saturated carbocycles. The largest absolute Gasteiger partial charge is 0.377 e. The van der Waals surface area contributed by atoms with E-state index in [2.05, 4.69) is 42.0 Å². The van der Waals surface area contributed by atoms with Crippen molar-refractivity contribution in [2.45, 2.75) is 45.8 Å². The lowest BCUT2D eigenvalue weighted by Gasteiger charge is -2.12. The molecule has 0 atom stereocenters. The zero-order chi connectivity index (χ0) is 16.2. The molecule has 0 saturated heterocycles. The number of unbranched alkanes of at least 4 members (excludes halogenated alkanes) is 3. The second kappa shape index (κ2) is 10.8. The van der Waals surface area contributed by atoms with Crippen molar-refractivity contribution in [1.82, 2.24) is 5.43 Å². The third-order valence-electron chi connectivity index (χ3n) is 3.80. The number of para-hydroxylation sites is 1. The molecule has 0 unspecified atom stereocenters. The highest BCUT2D eigenvalue weighted by atomic mass is 16.5. The number of hydrazine groups is 1. The minimum absolute atomic E-state index is 0.690. The van der Waals surface area contributed by atoms with Crippen LogP contribution in [-0.4, -0.2) is 6.61 Å². The molecule has 0 radical (unpaired) electrons. The molecule has 3 nitrogen and oxygen atoms in total. The van der Waals surface area contributed by atoms with Crippen LogP contribution in [0.15, 0.2) is 54.6 Å². The molecule has 0 heterocycles. The summed E-state index contributed by atoms with van der Waals surface area (Å²) in [5.74, 6) is 0. The number of rotatable bonds is 11. The zero-order valence-corrected chi connectivity index (χ0v) is 14.1. The van der Waals surface area contributed by atoms with E-state index >= 15 is 0 Å². The molecule has 0 fully saturated rings. The summed E-state index contributed by atoms with van der Waals surface area (Å²) in [5, 5.41) is 0. The molecule has 23 heavy (non-hydrogen) atoms. The average molecular weight is 312 g/mol. The second-order valence-electron chi connectivity index (χ2n) is 5.73. The monoisotopic (exact) mass is 312 g/mol. The molecule has 2 aromatic carbocycles. The SMILES string of the molecule is CCCCCCOCc1ccccc1CNNc1ccccc1. The molecule has 124 valence electrons. The maximum Gasteiger partial charge on any atom is 0.0720 e. The van der Waals surface area contributed by atoms with Gasteiger partial charge in [-0.1, -0.05) is 68.7 Å². The van der Waals surface area contributed by atoms with Gasteiger partial charge in [-0.25, -0.2) is 5.43 Å². The van der Waals surface area contributed by atoms with E-state index in [1.54, 1.807) is 0 Å². The Bertz CT molecular complexity index is 542. The van der Waals surface area contributed by atoms with Gasteiger partial charge >= 0.3 is 0 Å². The predicted molar refractivity (Wildman–Crippen MR) is 97.1 cm³/mol. The first-order valence-corrected chi connectivity index (χ1v) is 8.58. The fourth-order valence-corrected chi connectivity index (χ4v) is 2.45. The Kier molecular flexibility index (Phi) is 8.23. The predicted octanol–water partition coefficient (Wildman–Crippen LogP) is 4.90. The van der Waals surface area contributed by atoms with Crippen LogP contribution >= 0.6 is 0 Å². The van der Waals surface area contributed by atoms with E-state index in [-0.39, 0.29) is 0 Å². The van der Waals surface area contributed by atoms with Crippen LogP contribution in [-0.2, 0) is 17.9 Å². The van der Waals surface area contributed by atoms with Gasteiger partial charge < -0.3 is 10.2 Å². The first-order valence-electron chi connectivity index (χ1n) is 8.58. The van der Waals surface area contributed by atoms with Crippen LogP contribution in [0.4, 0.5) is 5.69 Å². The highest BCUT2D eigenvalue weighted by Gasteiger charge is 2.02. The third-order valence-corrected chi connectivity index (χ3v) is 3.80. The van der Waals surface area contributed by atoms with Crippen LogP contribution in [0.2, 0.25) is 0 Å². The van der Waals surface area contributed by atoms with E-state index in [9.17, 15) is 0 Å². The molecule has 0 aromatic heterocycles. The van der Waals surface area contributed by atoms with Gasteiger partial charge in [-0.15, -0.1) is 0 Å². The quantitative estimate of drug-likeness (QED) is 0.457. The van der Waals surface area contributed by atoms with Crippen molar-refractivity contribution in [2.24, 2.45) is 0 Å². The maximum absolute atomic E-state index is 5.82. The van der Waals surface area contributed by atoms with Crippen molar-refractivity contribution in [3.63, 3.8) is 0 Å². The van der Waals surface area contributed by atoms with Crippen molar-refractivity contribution in [2.75, 3.05) is 12.0 Å². The summed E-state index contributed by atoms with van der Waals surface area (Å²) in [6.07, 6.45) is 4.99. The first-order chi connectivity index (χ1) is 11.4. The maximum atomic E-state index is 5.82. The standard InChI is InChI=1S/C20H28N2O/c1-2-3-4-10-15-23-17-19-12-9-8-11-18(19)16-21-22-20-13-6-5-7-14-20/h5-9,11-14,21-22H,2-4,10,15-17H2,1H3. The Balaban J connectivity index is 1.73. The molecular weight excluding hydrogens is 284 g/mol. The fourth-order valence-electron chi connectivity index (χ4n) is 2.45. The van der Waals surface area contributed by atoms with Gasteiger partial charge in [-0.3, -0.25) is 0 Å². The number of ether oxygens (including phenoxy) is 1. The zero-order valence-electron chi connectivity index (χ0n) is 14.1. The fraction of sp³-hybridized carbons (Fsp3) is 0.400. The van der Waals surface area contributed by atoms with Crippen LogP contribution in [0, 0.1) is 0 Å². The number of anilines is 1. The van der Waals surface area contributed by atoms with Gasteiger partial charge in [0.25, 0.3) is 0 Å². The highest BCUT2D eigenvalue weighted by Crippen LogP contribution is 2.11. The lowest BCUT2D eigenvalue weighted by atomic mass is 10.1. The van der Waals surface area contributed by atoms with Gasteiger partial charge in [-0.05, 0) is 29.7 Å². The molecule has 0 amide bonds. The molecule has 0 aliphatic carbocycles. The van der Waals surface area contributed by atoms with E-state index in [0.29, 0.717) is 6.61 Å². The van der Waals surface area contributed by atoms with Gasteiger partial charge in [0.15, 0.2) is 0 Å². The van der Waals surface area contributed by atoms with E-state index in [0.717, 1.165) is 25.3 Å². The number of nitrogens with one attached hydrogen (secondary N) is 2. The van der Waals surface area contributed by atoms with Crippen molar-refractivity contribution in [3.05, 3.63) is 65.7 Å². The van der Waals surface area contributed by atoms with Gasteiger partial charge in [0.1, 0.15) is 0 Å². The summed E-state index contributed by atoms with van der Waals surface area (Å²) in [6.45, 7) is 4.54. The normalized spacial score (nSPS) is 10.7. The molecule has 3 heteroatoms. The summed E-state index contributed by atoms with van der Waals surface area (Å²) in [4.78, 5) is 0. The molecule has 0 bridgehead atoms. The molecule has 2 rings (SSSR count). The van der Waals surface area contributed by atoms with E-state index in [1.807, 2.05) is 30.3 Å². The summed E-state index contributed by atoms with van der Waals surface area (Å²) >= 11 is 0. The number of benzene rings is 2. The molecule has 0 aliphatic rings. The summed E-state index contributed by atoms with van der Waals surface area (Å²) in [5.41, 5.74) is 10.1. The smallest absolute Gasteiger partial charge is 0.0720 e. The number of hydrogen-bond acceptors (Lipinski definition) is 3. The topological polar surface area (TPSA) is 33.3 Å². The van der Waals surface area contributed by atoms with Crippen LogP contribution in [0.25, 0.3) is 0 Å². The Morgan fingerprint density at radius 1 is 0.826 bits per heavy atom. The van der Waals surface area contributed by atoms with Crippen molar-refractivity contribution in [3.8, 4) is 0 Å². The van der Waals surface area contributed by atoms with Crippen LogP contribution in [0.3, 0.4) is 0 Å². The average Bonchev–Trinajstić information content (AvgIpc) is 2.60. The number of hydrogen-bond donors (Lipinski definition) is 2. The molecule has 2 aromatic rings. The lowest BCUT2D eigenvalue weighted by molar-refractivity contribution is 0.116. The minimum atomic E-state index is 0.690. The summed E-state index contributed by atoms with van der Waals surface area (Å²) in [6, 6.07) is 18.6. The van der Waals surface area contributed by atoms with Gasteiger partial charge in [-0.2, -0.15) is 0 Å². The van der Waals surface area contributed by atoms with Crippen molar-refractivity contribution >= 4 is 5.69 Å². The third kappa shape index (κ3) is 6.85. The van der Waals surface area contributed by atoms with E-state index < -0.39 is 0 Å².